The number of likely N-dealkylation sites (tertiary alicyclic amines) is 1. The van der Waals surface area contributed by atoms with Crippen LogP contribution >= 0.6 is 0 Å². The molecule has 0 aromatic carbocycles. The number of hydrogen-bond acceptors (Lipinski definition) is 5. The van der Waals surface area contributed by atoms with Crippen molar-refractivity contribution in [3.63, 3.8) is 0 Å². The Morgan fingerprint density at radius 1 is 1.25 bits per heavy atom. The minimum atomic E-state index is 0.685. The standard InChI is InChI=1S/C15H26N4O/c1-12(2)18-4-6-19(7-5-18)14-9-17(10-14)11-15-8-13(3)16-20-15/h8,12,14H,4-7,9-11H2,1-3H3. The number of rotatable bonds is 4. The van der Waals surface area contributed by atoms with Gasteiger partial charge in [-0.25, -0.2) is 0 Å². The molecule has 20 heavy (non-hydrogen) atoms. The van der Waals surface area contributed by atoms with Gasteiger partial charge in [0, 0.05) is 57.4 Å². The summed E-state index contributed by atoms with van der Waals surface area (Å²) in [6.45, 7) is 14.7. The van der Waals surface area contributed by atoms with E-state index in [0.29, 0.717) is 6.04 Å². The van der Waals surface area contributed by atoms with E-state index < -0.39 is 0 Å². The molecule has 0 N–H and O–H groups in total. The molecule has 3 rings (SSSR count). The van der Waals surface area contributed by atoms with Crippen LogP contribution in [0, 0.1) is 6.92 Å². The van der Waals surface area contributed by atoms with E-state index in [9.17, 15) is 0 Å². The molecule has 0 bridgehead atoms. The molecule has 0 radical (unpaired) electrons. The molecule has 2 aliphatic heterocycles. The number of nitrogens with zero attached hydrogens (tertiary/aromatic N) is 4. The van der Waals surface area contributed by atoms with Crippen molar-refractivity contribution in [2.24, 2.45) is 0 Å². The minimum Gasteiger partial charge on any atom is -0.360 e. The maximum atomic E-state index is 5.28. The summed E-state index contributed by atoms with van der Waals surface area (Å²) in [6.07, 6.45) is 0. The Kier molecular flexibility index (Phi) is 4.10. The molecular formula is C15H26N4O. The molecule has 0 aliphatic carbocycles. The Labute approximate surface area is 121 Å². The molecule has 5 heteroatoms. The molecule has 2 fully saturated rings. The van der Waals surface area contributed by atoms with Crippen LogP contribution in [0.4, 0.5) is 0 Å². The third-order valence-electron chi connectivity index (χ3n) is 4.59. The van der Waals surface area contributed by atoms with E-state index in [1.54, 1.807) is 0 Å². The normalized spacial score (nSPS) is 23.4. The lowest BCUT2D eigenvalue weighted by Crippen LogP contribution is -2.63. The van der Waals surface area contributed by atoms with Crippen LogP contribution in [0.25, 0.3) is 0 Å². The summed E-state index contributed by atoms with van der Waals surface area (Å²) in [5, 5.41) is 3.94. The summed E-state index contributed by atoms with van der Waals surface area (Å²) in [7, 11) is 0. The molecule has 2 aliphatic rings. The fourth-order valence-electron chi connectivity index (χ4n) is 3.23. The van der Waals surface area contributed by atoms with E-state index in [4.69, 9.17) is 4.52 Å². The third-order valence-corrected chi connectivity index (χ3v) is 4.59. The van der Waals surface area contributed by atoms with Gasteiger partial charge in [-0.1, -0.05) is 5.16 Å². The van der Waals surface area contributed by atoms with E-state index >= 15 is 0 Å². The first kappa shape index (κ1) is 14.0. The van der Waals surface area contributed by atoms with Gasteiger partial charge in [0.15, 0.2) is 5.76 Å². The topological polar surface area (TPSA) is 35.8 Å². The highest BCUT2D eigenvalue weighted by molar-refractivity contribution is 5.04. The summed E-state index contributed by atoms with van der Waals surface area (Å²) < 4.78 is 5.28. The predicted molar refractivity (Wildman–Crippen MR) is 78.6 cm³/mol. The molecule has 0 amide bonds. The van der Waals surface area contributed by atoms with Gasteiger partial charge in [0.25, 0.3) is 0 Å². The fourth-order valence-corrected chi connectivity index (χ4v) is 3.23. The van der Waals surface area contributed by atoms with Gasteiger partial charge in [-0.15, -0.1) is 0 Å². The largest absolute Gasteiger partial charge is 0.360 e. The molecule has 0 saturated carbocycles. The maximum absolute atomic E-state index is 5.28. The first-order valence-electron chi connectivity index (χ1n) is 7.74. The van der Waals surface area contributed by atoms with Crippen molar-refractivity contribution >= 4 is 0 Å². The first-order valence-corrected chi connectivity index (χ1v) is 7.74. The van der Waals surface area contributed by atoms with E-state index in [-0.39, 0.29) is 0 Å². The Morgan fingerprint density at radius 2 is 1.95 bits per heavy atom. The Morgan fingerprint density at radius 3 is 2.50 bits per heavy atom. The van der Waals surface area contributed by atoms with Crippen molar-refractivity contribution in [3.05, 3.63) is 17.5 Å². The molecule has 1 aromatic heterocycles. The molecule has 112 valence electrons. The molecule has 0 spiro atoms. The third kappa shape index (κ3) is 3.05. The molecule has 0 unspecified atom stereocenters. The zero-order valence-electron chi connectivity index (χ0n) is 12.9. The van der Waals surface area contributed by atoms with Crippen molar-refractivity contribution in [1.29, 1.82) is 0 Å². The van der Waals surface area contributed by atoms with Gasteiger partial charge in [-0.05, 0) is 20.8 Å². The van der Waals surface area contributed by atoms with Crippen LogP contribution in [0.3, 0.4) is 0 Å². The minimum absolute atomic E-state index is 0.685. The lowest BCUT2D eigenvalue weighted by molar-refractivity contribution is -0.00724. The summed E-state index contributed by atoms with van der Waals surface area (Å²) in [4.78, 5) is 7.67. The van der Waals surface area contributed by atoms with Gasteiger partial charge in [0.05, 0.1) is 12.2 Å². The van der Waals surface area contributed by atoms with Gasteiger partial charge in [0.2, 0.25) is 0 Å². The van der Waals surface area contributed by atoms with Gasteiger partial charge in [0.1, 0.15) is 0 Å². The first-order chi connectivity index (χ1) is 9.61. The van der Waals surface area contributed by atoms with Crippen LogP contribution < -0.4 is 0 Å². The van der Waals surface area contributed by atoms with Gasteiger partial charge in [-0.2, -0.15) is 0 Å². The second-order valence-corrected chi connectivity index (χ2v) is 6.45. The van der Waals surface area contributed by atoms with Gasteiger partial charge in [-0.3, -0.25) is 14.7 Å². The number of piperazine rings is 1. The lowest BCUT2D eigenvalue weighted by atomic mass is 10.1. The van der Waals surface area contributed by atoms with Crippen molar-refractivity contribution in [1.82, 2.24) is 19.9 Å². The number of aryl methyl sites for hydroxylation is 1. The van der Waals surface area contributed by atoms with Crippen LogP contribution in [0.2, 0.25) is 0 Å². The van der Waals surface area contributed by atoms with E-state index in [1.807, 2.05) is 13.0 Å². The Balaban J connectivity index is 1.40. The van der Waals surface area contributed by atoms with Crippen LogP contribution in [-0.4, -0.2) is 71.2 Å². The fraction of sp³-hybridized carbons (Fsp3) is 0.800. The molecular weight excluding hydrogens is 252 g/mol. The highest BCUT2D eigenvalue weighted by atomic mass is 16.5. The highest BCUT2D eigenvalue weighted by Gasteiger charge is 2.34. The van der Waals surface area contributed by atoms with E-state index in [1.165, 1.54) is 39.3 Å². The van der Waals surface area contributed by atoms with Gasteiger partial charge >= 0.3 is 0 Å². The van der Waals surface area contributed by atoms with Crippen LogP contribution in [0.15, 0.2) is 10.6 Å². The van der Waals surface area contributed by atoms with Crippen molar-refractivity contribution in [2.75, 3.05) is 39.3 Å². The Bertz CT molecular complexity index is 431. The second-order valence-electron chi connectivity index (χ2n) is 6.45. The van der Waals surface area contributed by atoms with Crippen molar-refractivity contribution in [2.45, 2.75) is 39.4 Å². The Hall–Kier alpha value is -0.910. The molecule has 0 atom stereocenters. The second kappa shape index (κ2) is 5.84. The molecule has 3 heterocycles. The zero-order chi connectivity index (χ0) is 14.1. The lowest BCUT2D eigenvalue weighted by Gasteiger charge is -2.48. The van der Waals surface area contributed by atoms with Crippen molar-refractivity contribution in [3.8, 4) is 0 Å². The predicted octanol–water partition coefficient (Wildman–Crippen LogP) is 1.19. The highest BCUT2D eigenvalue weighted by Crippen LogP contribution is 2.20. The number of hydrogen-bond donors (Lipinski definition) is 0. The summed E-state index contributed by atoms with van der Waals surface area (Å²) >= 11 is 0. The quantitative estimate of drug-likeness (QED) is 0.827. The van der Waals surface area contributed by atoms with Gasteiger partial charge < -0.3 is 4.52 Å². The van der Waals surface area contributed by atoms with Crippen molar-refractivity contribution < 1.29 is 4.52 Å². The summed E-state index contributed by atoms with van der Waals surface area (Å²) in [5.74, 6) is 0.991. The molecule has 5 nitrogen and oxygen atoms in total. The smallest absolute Gasteiger partial charge is 0.150 e. The summed E-state index contributed by atoms with van der Waals surface area (Å²) in [6, 6.07) is 3.47. The summed E-state index contributed by atoms with van der Waals surface area (Å²) in [5.41, 5.74) is 0.974. The average molecular weight is 278 g/mol. The SMILES string of the molecule is Cc1cc(CN2CC(N3CCN(C(C)C)CC3)C2)on1. The molecule has 1 aromatic rings. The molecule has 2 saturated heterocycles. The average Bonchev–Trinajstić information content (AvgIpc) is 2.79. The van der Waals surface area contributed by atoms with Crippen LogP contribution in [0.5, 0.6) is 0 Å². The monoisotopic (exact) mass is 278 g/mol. The van der Waals surface area contributed by atoms with E-state index in [0.717, 1.165) is 24.0 Å². The van der Waals surface area contributed by atoms with E-state index in [2.05, 4.69) is 33.7 Å². The zero-order valence-corrected chi connectivity index (χ0v) is 12.9. The van der Waals surface area contributed by atoms with Crippen LogP contribution in [-0.2, 0) is 6.54 Å². The number of aromatic nitrogens is 1. The maximum Gasteiger partial charge on any atom is 0.150 e. The van der Waals surface area contributed by atoms with Crippen LogP contribution in [0.1, 0.15) is 25.3 Å².